The molecule has 1 heterocycles. The maximum atomic E-state index is 5.68. The Hall–Kier alpha value is -0.980. The number of hydrogen-bond donors (Lipinski definition) is 0. The molecule has 1 aromatic rings. The summed E-state index contributed by atoms with van der Waals surface area (Å²) in [6.45, 7) is 4.41. The van der Waals surface area contributed by atoms with Gasteiger partial charge in [0.25, 0.3) is 0 Å². The van der Waals surface area contributed by atoms with Crippen molar-refractivity contribution < 1.29 is 4.74 Å². The molecule has 11 heavy (non-hydrogen) atoms. The normalized spacial score (nSPS) is 36.4. The van der Waals surface area contributed by atoms with Crippen LogP contribution >= 0.6 is 0 Å². The fraction of sp³-hybridized carbons (Fsp3) is 0.400. The SMILES string of the molecule is CC1Oc2ccc3cc2C31C. The van der Waals surface area contributed by atoms with Crippen molar-refractivity contribution in [2.75, 3.05) is 0 Å². The second kappa shape index (κ2) is 1.31. The van der Waals surface area contributed by atoms with Gasteiger partial charge in [-0.2, -0.15) is 0 Å². The predicted octanol–water partition coefficient (Wildman–Crippen LogP) is 2.09. The standard InChI is InChI=1S/C10H10O/c1-6-10(2)7-3-4-9(11-6)8(10)5-7/h3-6H,1-2H3. The lowest BCUT2D eigenvalue weighted by molar-refractivity contribution is 0.196. The van der Waals surface area contributed by atoms with Crippen LogP contribution in [0.25, 0.3) is 0 Å². The van der Waals surface area contributed by atoms with Crippen LogP contribution in [0.15, 0.2) is 18.2 Å². The summed E-state index contributed by atoms with van der Waals surface area (Å²) in [4.78, 5) is 0. The average Bonchev–Trinajstić information content (AvgIpc) is 2.12. The minimum absolute atomic E-state index is 0.240. The highest BCUT2D eigenvalue weighted by Crippen LogP contribution is 2.54. The van der Waals surface area contributed by atoms with Crippen LogP contribution in [0.1, 0.15) is 25.0 Å². The number of fused-ring (bicyclic) bond motifs is 1. The van der Waals surface area contributed by atoms with E-state index in [0.717, 1.165) is 5.75 Å². The van der Waals surface area contributed by atoms with E-state index in [1.807, 2.05) is 0 Å². The maximum absolute atomic E-state index is 5.68. The van der Waals surface area contributed by atoms with Gasteiger partial charge in [-0.25, -0.2) is 0 Å². The van der Waals surface area contributed by atoms with Crippen molar-refractivity contribution in [3.05, 3.63) is 29.3 Å². The quantitative estimate of drug-likeness (QED) is 0.544. The molecule has 56 valence electrons. The molecule has 2 aliphatic carbocycles. The van der Waals surface area contributed by atoms with E-state index in [-0.39, 0.29) is 5.41 Å². The second-order valence-corrected chi connectivity index (χ2v) is 3.67. The molecule has 3 aliphatic rings. The Labute approximate surface area is 66.0 Å². The van der Waals surface area contributed by atoms with Crippen LogP contribution in [-0.2, 0) is 5.41 Å². The van der Waals surface area contributed by atoms with E-state index in [2.05, 4.69) is 32.0 Å². The van der Waals surface area contributed by atoms with Gasteiger partial charge in [-0.15, -0.1) is 0 Å². The Morgan fingerprint density at radius 3 is 2.82 bits per heavy atom. The summed E-state index contributed by atoms with van der Waals surface area (Å²) in [6.07, 6.45) is 0.336. The van der Waals surface area contributed by atoms with Gasteiger partial charge in [0.15, 0.2) is 0 Å². The maximum Gasteiger partial charge on any atom is 0.124 e. The van der Waals surface area contributed by atoms with Gasteiger partial charge in [0, 0.05) is 5.56 Å². The lowest BCUT2D eigenvalue weighted by atomic mass is 9.66. The van der Waals surface area contributed by atoms with E-state index in [0.29, 0.717) is 6.10 Å². The van der Waals surface area contributed by atoms with E-state index >= 15 is 0 Å². The van der Waals surface area contributed by atoms with Gasteiger partial charge in [-0.05, 0) is 25.5 Å². The molecule has 4 bridgehead atoms. The first-order chi connectivity index (χ1) is 5.23. The van der Waals surface area contributed by atoms with Crippen molar-refractivity contribution in [2.45, 2.75) is 25.4 Å². The Bertz CT molecular complexity index is 339. The van der Waals surface area contributed by atoms with Crippen LogP contribution in [0.2, 0.25) is 0 Å². The summed E-state index contributed by atoms with van der Waals surface area (Å²) in [6, 6.07) is 6.49. The molecular formula is C10H10O. The molecule has 4 rings (SSSR count). The monoisotopic (exact) mass is 146 g/mol. The first kappa shape index (κ1) is 5.64. The summed E-state index contributed by atoms with van der Waals surface area (Å²) in [7, 11) is 0. The largest absolute Gasteiger partial charge is 0.489 e. The summed E-state index contributed by atoms with van der Waals surface area (Å²) in [5, 5.41) is 0. The summed E-state index contributed by atoms with van der Waals surface area (Å²) >= 11 is 0. The Kier molecular flexibility index (Phi) is 0.674. The Morgan fingerprint density at radius 2 is 2.27 bits per heavy atom. The molecule has 1 heteroatoms. The third kappa shape index (κ3) is 0.384. The van der Waals surface area contributed by atoms with Crippen LogP contribution in [0.3, 0.4) is 0 Å². The Morgan fingerprint density at radius 1 is 1.45 bits per heavy atom. The van der Waals surface area contributed by atoms with Gasteiger partial charge in [-0.3, -0.25) is 0 Å². The third-order valence-corrected chi connectivity index (χ3v) is 3.26. The smallest absolute Gasteiger partial charge is 0.124 e. The van der Waals surface area contributed by atoms with Crippen molar-refractivity contribution in [3.8, 4) is 5.75 Å². The van der Waals surface area contributed by atoms with Crippen LogP contribution in [-0.4, -0.2) is 6.10 Å². The van der Waals surface area contributed by atoms with E-state index in [1.54, 1.807) is 0 Å². The summed E-state index contributed by atoms with van der Waals surface area (Å²) in [5.41, 5.74) is 3.08. The van der Waals surface area contributed by atoms with Crippen molar-refractivity contribution in [3.63, 3.8) is 0 Å². The van der Waals surface area contributed by atoms with Crippen LogP contribution in [0.4, 0.5) is 0 Å². The molecule has 1 nitrogen and oxygen atoms in total. The van der Waals surface area contributed by atoms with Crippen LogP contribution < -0.4 is 4.74 Å². The Balaban J connectivity index is 2.36. The van der Waals surface area contributed by atoms with E-state index < -0.39 is 0 Å². The average molecular weight is 146 g/mol. The zero-order valence-corrected chi connectivity index (χ0v) is 6.72. The van der Waals surface area contributed by atoms with E-state index in [1.165, 1.54) is 11.1 Å². The molecule has 1 aliphatic heterocycles. The number of benzene rings is 1. The first-order valence-corrected chi connectivity index (χ1v) is 4.04. The molecule has 1 aromatic carbocycles. The molecule has 0 aromatic heterocycles. The minimum Gasteiger partial charge on any atom is -0.489 e. The number of rotatable bonds is 0. The van der Waals surface area contributed by atoms with Gasteiger partial charge in [0.05, 0.1) is 5.41 Å². The third-order valence-electron chi connectivity index (χ3n) is 3.26. The van der Waals surface area contributed by atoms with Gasteiger partial charge in [0.2, 0.25) is 0 Å². The van der Waals surface area contributed by atoms with Crippen molar-refractivity contribution in [1.29, 1.82) is 0 Å². The van der Waals surface area contributed by atoms with Crippen molar-refractivity contribution >= 4 is 0 Å². The molecule has 0 saturated heterocycles. The van der Waals surface area contributed by atoms with Gasteiger partial charge in [0.1, 0.15) is 11.9 Å². The lowest BCUT2D eigenvalue weighted by Crippen LogP contribution is -2.38. The molecular weight excluding hydrogens is 136 g/mol. The van der Waals surface area contributed by atoms with Gasteiger partial charge >= 0.3 is 0 Å². The highest BCUT2D eigenvalue weighted by atomic mass is 16.5. The fourth-order valence-electron chi connectivity index (χ4n) is 2.20. The molecule has 2 unspecified atom stereocenters. The van der Waals surface area contributed by atoms with Crippen molar-refractivity contribution in [1.82, 2.24) is 0 Å². The van der Waals surface area contributed by atoms with Crippen LogP contribution in [0.5, 0.6) is 5.75 Å². The molecule has 0 saturated carbocycles. The fourth-order valence-corrected chi connectivity index (χ4v) is 2.20. The molecule has 2 atom stereocenters. The molecule has 0 amide bonds. The van der Waals surface area contributed by atoms with Crippen molar-refractivity contribution in [2.24, 2.45) is 0 Å². The van der Waals surface area contributed by atoms with Crippen LogP contribution in [0, 0.1) is 0 Å². The highest BCUT2D eigenvalue weighted by molar-refractivity contribution is 5.61. The summed E-state index contributed by atoms with van der Waals surface area (Å²) in [5.74, 6) is 1.09. The van der Waals surface area contributed by atoms with Gasteiger partial charge < -0.3 is 4.74 Å². The van der Waals surface area contributed by atoms with Gasteiger partial charge in [-0.1, -0.05) is 12.1 Å². The lowest BCUT2D eigenvalue weighted by Gasteiger charge is -2.35. The first-order valence-electron chi connectivity index (χ1n) is 4.04. The highest BCUT2D eigenvalue weighted by Gasteiger charge is 2.50. The summed E-state index contributed by atoms with van der Waals surface area (Å²) < 4.78 is 5.68. The second-order valence-electron chi connectivity index (χ2n) is 3.67. The number of ether oxygens (including phenoxy) is 1. The minimum atomic E-state index is 0.240. The number of hydrogen-bond acceptors (Lipinski definition) is 1. The molecule has 0 N–H and O–H groups in total. The van der Waals surface area contributed by atoms with E-state index in [4.69, 9.17) is 4.74 Å². The topological polar surface area (TPSA) is 9.23 Å². The zero-order valence-electron chi connectivity index (χ0n) is 6.72. The molecule has 0 spiro atoms. The predicted molar refractivity (Wildman–Crippen MR) is 43.0 cm³/mol. The van der Waals surface area contributed by atoms with E-state index in [9.17, 15) is 0 Å². The molecule has 0 fully saturated rings. The zero-order chi connectivity index (χ0) is 7.64. The molecule has 0 radical (unpaired) electrons.